The summed E-state index contributed by atoms with van der Waals surface area (Å²) in [6.07, 6.45) is 3.61. The first-order valence-corrected chi connectivity index (χ1v) is 7.30. The standard InChI is InChI=1S/C16H19N5O/c1-11(2)21-14(9-12(3)19-21)18-15(22)10-20-8-6-13-5-4-7-17-16(13)20/h4-9,11H,10H2,1-3H3,(H,18,22). The number of carbonyl (C=O) groups excluding carboxylic acids is 1. The highest BCUT2D eigenvalue weighted by Crippen LogP contribution is 2.17. The molecule has 6 heteroatoms. The fourth-order valence-corrected chi connectivity index (χ4v) is 2.49. The number of fused-ring (bicyclic) bond motifs is 1. The van der Waals surface area contributed by atoms with Gasteiger partial charge in [-0.2, -0.15) is 5.10 Å². The second-order valence-electron chi connectivity index (χ2n) is 5.62. The molecule has 22 heavy (non-hydrogen) atoms. The van der Waals surface area contributed by atoms with Gasteiger partial charge in [0, 0.05) is 29.9 Å². The smallest absolute Gasteiger partial charge is 0.245 e. The van der Waals surface area contributed by atoms with Crippen molar-refractivity contribution in [3.63, 3.8) is 0 Å². The topological polar surface area (TPSA) is 64.7 Å². The predicted molar refractivity (Wildman–Crippen MR) is 85.7 cm³/mol. The van der Waals surface area contributed by atoms with Crippen LogP contribution in [0.25, 0.3) is 11.0 Å². The molecule has 0 saturated carbocycles. The normalized spacial score (nSPS) is 11.3. The van der Waals surface area contributed by atoms with E-state index in [1.165, 1.54) is 0 Å². The van der Waals surface area contributed by atoms with Gasteiger partial charge in [0.25, 0.3) is 0 Å². The maximum atomic E-state index is 12.3. The molecule has 0 radical (unpaired) electrons. The number of aromatic nitrogens is 4. The molecule has 3 aromatic rings. The number of hydrogen-bond acceptors (Lipinski definition) is 3. The number of nitrogens with one attached hydrogen (secondary N) is 1. The van der Waals surface area contributed by atoms with Gasteiger partial charge in [-0.1, -0.05) is 0 Å². The summed E-state index contributed by atoms with van der Waals surface area (Å²) in [6.45, 7) is 6.21. The summed E-state index contributed by atoms with van der Waals surface area (Å²) >= 11 is 0. The van der Waals surface area contributed by atoms with Crippen molar-refractivity contribution in [1.29, 1.82) is 0 Å². The molecule has 3 rings (SSSR count). The van der Waals surface area contributed by atoms with E-state index in [2.05, 4.69) is 15.4 Å². The number of rotatable bonds is 4. The Morgan fingerprint density at radius 2 is 2.18 bits per heavy atom. The summed E-state index contributed by atoms with van der Waals surface area (Å²) in [7, 11) is 0. The summed E-state index contributed by atoms with van der Waals surface area (Å²) in [4.78, 5) is 16.6. The lowest BCUT2D eigenvalue weighted by molar-refractivity contribution is -0.116. The molecule has 0 atom stereocenters. The third kappa shape index (κ3) is 2.72. The Labute approximate surface area is 128 Å². The van der Waals surface area contributed by atoms with Crippen LogP contribution in [0.15, 0.2) is 36.7 Å². The van der Waals surface area contributed by atoms with Crippen molar-refractivity contribution in [3.8, 4) is 0 Å². The van der Waals surface area contributed by atoms with Gasteiger partial charge in [-0.15, -0.1) is 0 Å². The predicted octanol–water partition coefficient (Wildman–Crippen LogP) is 2.76. The highest BCUT2D eigenvalue weighted by atomic mass is 16.2. The second kappa shape index (κ2) is 5.63. The molecule has 0 fully saturated rings. The van der Waals surface area contributed by atoms with Crippen LogP contribution in [-0.2, 0) is 11.3 Å². The average Bonchev–Trinajstić information content (AvgIpc) is 3.03. The van der Waals surface area contributed by atoms with Gasteiger partial charge in [0.1, 0.15) is 18.0 Å². The first kappa shape index (κ1) is 14.3. The Hall–Kier alpha value is -2.63. The van der Waals surface area contributed by atoms with Gasteiger partial charge < -0.3 is 9.88 Å². The number of nitrogens with zero attached hydrogens (tertiary/aromatic N) is 4. The van der Waals surface area contributed by atoms with Crippen molar-refractivity contribution >= 4 is 22.8 Å². The van der Waals surface area contributed by atoms with E-state index in [-0.39, 0.29) is 18.5 Å². The lowest BCUT2D eigenvalue weighted by atomic mass is 10.3. The number of pyridine rings is 1. The summed E-state index contributed by atoms with van der Waals surface area (Å²) in [5.41, 5.74) is 1.70. The largest absolute Gasteiger partial charge is 0.323 e. The fourth-order valence-electron chi connectivity index (χ4n) is 2.49. The number of amides is 1. The van der Waals surface area contributed by atoms with Crippen LogP contribution in [0.1, 0.15) is 25.6 Å². The average molecular weight is 297 g/mol. The van der Waals surface area contributed by atoms with Crippen molar-refractivity contribution in [1.82, 2.24) is 19.3 Å². The SMILES string of the molecule is Cc1cc(NC(=O)Cn2ccc3cccnc32)n(C(C)C)n1. The molecule has 0 aliphatic heterocycles. The zero-order valence-electron chi connectivity index (χ0n) is 12.9. The molecule has 0 unspecified atom stereocenters. The number of hydrogen-bond donors (Lipinski definition) is 1. The first-order valence-electron chi connectivity index (χ1n) is 7.30. The van der Waals surface area contributed by atoms with E-state index in [0.717, 1.165) is 22.5 Å². The van der Waals surface area contributed by atoms with E-state index in [1.54, 1.807) is 6.20 Å². The summed E-state index contributed by atoms with van der Waals surface area (Å²) in [5, 5.41) is 8.35. The maximum Gasteiger partial charge on any atom is 0.245 e. The Kier molecular flexibility index (Phi) is 3.66. The van der Waals surface area contributed by atoms with Crippen LogP contribution in [0, 0.1) is 6.92 Å². The van der Waals surface area contributed by atoms with E-state index in [4.69, 9.17) is 0 Å². The Morgan fingerprint density at radius 3 is 2.95 bits per heavy atom. The van der Waals surface area contributed by atoms with Crippen molar-refractivity contribution in [2.75, 3.05) is 5.32 Å². The van der Waals surface area contributed by atoms with Crippen molar-refractivity contribution < 1.29 is 4.79 Å². The fraction of sp³-hybridized carbons (Fsp3) is 0.312. The third-order valence-corrected chi connectivity index (χ3v) is 3.45. The molecule has 0 aliphatic rings. The van der Waals surface area contributed by atoms with Crippen molar-refractivity contribution in [2.24, 2.45) is 0 Å². The Morgan fingerprint density at radius 1 is 1.36 bits per heavy atom. The summed E-state index contributed by atoms with van der Waals surface area (Å²) in [5.74, 6) is 0.631. The number of aryl methyl sites for hydroxylation is 1. The molecule has 1 N–H and O–H groups in total. The first-order chi connectivity index (χ1) is 10.5. The van der Waals surface area contributed by atoms with E-state index < -0.39 is 0 Å². The van der Waals surface area contributed by atoms with Crippen molar-refractivity contribution in [2.45, 2.75) is 33.4 Å². The monoisotopic (exact) mass is 297 g/mol. The van der Waals surface area contributed by atoms with E-state index in [0.29, 0.717) is 0 Å². The maximum absolute atomic E-state index is 12.3. The summed E-state index contributed by atoms with van der Waals surface area (Å²) < 4.78 is 3.66. The molecule has 1 amide bonds. The molecular weight excluding hydrogens is 278 g/mol. The van der Waals surface area contributed by atoms with Gasteiger partial charge >= 0.3 is 0 Å². The number of anilines is 1. The third-order valence-electron chi connectivity index (χ3n) is 3.45. The molecule has 0 aromatic carbocycles. The Balaban J connectivity index is 1.78. The van der Waals surface area contributed by atoms with Crippen LogP contribution in [-0.4, -0.2) is 25.2 Å². The highest BCUT2D eigenvalue weighted by molar-refractivity contribution is 5.91. The second-order valence-corrected chi connectivity index (χ2v) is 5.62. The van der Waals surface area contributed by atoms with Gasteiger partial charge in [0.2, 0.25) is 5.91 Å². The van der Waals surface area contributed by atoms with Crippen LogP contribution in [0.4, 0.5) is 5.82 Å². The lowest BCUT2D eigenvalue weighted by Gasteiger charge is -2.12. The van der Waals surface area contributed by atoms with E-state index >= 15 is 0 Å². The van der Waals surface area contributed by atoms with Crippen LogP contribution >= 0.6 is 0 Å². The lowest BCUT2D eigenvalue weighted by Crippen LogP contribution is -2.21. The van der Waals surface area contributed by atoms with Crippen LogP contribution in [0.5, 0.6) is 0 Å². The van der Waals surface area contributed by atoms with Crippen LogP contribution in [0.3, 0.4) is 0 Å². The minimum atomic E-state index is -0.0926. The minimum Gasteiger partial charge on any atom is -0.323 e. The van der Waals surface area contributed by atoms with Gasteiger partial charge in [-0.3, -0.25) is 4.79 Å². The van der Waals surface area contributed by atoms with Gasteiger partial charge in [-0.05, 0) is 39.0 Å². The molecule has 0 spiro atoms. The molecule has 6 nitrogen and oxygen atoms in total. The zero-order valence-corrected chi connectivity index (χ0v) is 12.9. The van der Waals surface area contributed by atoms with Gasteiger partial charge in [0.05, 0.1) is 5.69 Å². The molecule has 3 heterocycles. The molecule has 3 aromatic heterocycles. The summed E-state index contributed by atoms with van der Waals surface area (Å²) in [6, 6.07) is 7.89. The minimum absolute atomic E-state index is 0.0926. The number of carbonyl (C=O) groups is 1. The molecule has 114 valence electrons. The molecule has 0 saturated heterocycles. The van der Waals surface area contributed by atoms with Gasteiger partial charge in [-0.25, -0.2) is 9.67 Å². The molecule has 0 bridgehead atoms. The van der Waals surface area contributed by atoms with Gasteiger partial charge in [0.15, 0.2) is 0 Å². The highest BCUT2D eigenvalue weighted by Gasteiger charge is 2.12. The van der Waals surface area contributed by atoms with E-state index in [9.17, 15) is 4.79 Å². The molecule has 0 aliphatic carbocycles. The van der Waals surface area contributed by atoms with E-state index in [1.807, 2.05) is 60.5 Å². The van der Waals surface area contributed by atoms with Crippen LogP contribution < -0.4 is 5.32 Å². The van der Waals surface area contributed by atoms with Crippen molar-refractivity contribution in [3.05, 3.63) is 42.4 Å². The zero-order chi connectivity index (χ0) is 15.7. The Bertz CT molecular complexity index is 815. The molecular formula is C16H19N5O. The quantitative estimate of drug-likeness (QED) is 0.805. The van der Waals surface area contributed by atoms with Crippen LogP contribution in [0.2, 0.25) is 0 Å².